The van der Waals surface area contributed by atoms with Crippen LogP contribution in [0.25, 0.3) is 22.2 Å². The van der Waals surface area contributed by atoms with Crippen LogP contribution in [0.15, 0.2) is 40.9 Å². The third kappa shape index (κ3) is 3.76. The lowest BCUT2D eigenvalue weighted by atomic mass is 10.0. The van der Waals surface area contributed by atoms with Crippen LogP contribution in [0.4, 0.5) is 0 Å². The predicted octanol–water partition coefficient (Wildman–Crippen LogP) is 4.13. The van der Waals surface area contributed by atoms with E-state index in [9.17, 15) is 9.90 Å². The molecule has 3 rings (SSSR count). The normalized spacial score (nSPS) is 10.8. The summed E-state index contributed by atoms with van der Waals surface area (Å²) in [6.07, 6.45) is 0.873. The van der Waals surface area contributed by atoms with Crippen molar-refractivity contribution < 1.29 is 19.4 Å². The predicted molar refractivity (Wildman–Crippen MR) is 106 cm³/mol. The largest absolute Gasteiger partial charge is 0.545 e. The van der Waals surface area contributed by atoms with E-state index in [0.29, 0.717) is 39.2 Å². The standard InChI is InChI=1S/C21H20BrNO4/c1-4-8-27-20-16(22)9-13(10-18(20)26-3)17-11-15(21(24)25)14-7-5-6-12(2)19(14)23-17/h5-7,9-11H,4,8H2,1-3H3,(H,24,25)/p-1. The quantitative estimate of drug-likeness (QED) is 0.589. The Morgan fingerprint density at radius 3 is 2.70 bits per heavy atom. The van der Waals surface area contributed by atoms with Gasteiger partial charge in [-0.15, -0.1) is 0 Å². The Kier molecular flexibility index (Phi) is 5.65. The molecule has 5 nitrogen and oxygen atoms in total. The number of fused-ring (bicyclic) bond motifs is 1. The van der Waals surface area contributed by atoms with Gasteiger partial charge in [0.05, 0.1) is 35.4 Å². The van der Waals surface area contributed by atoms with Gasteiger partial charge in [0.15, 0.2) is 11.5 Å². The Balaban J connectivity index is 2.22. The Bertz CT molecular complexity index is 1020. The summed E-state index contributed by atoms with van der Waals surface area (Å²) in [6, 6.07) is 10.6. The molecule has 0 atom stereocenters. The Labute approximate surface area is 166 Å². The number of rotatable bonds is 6. The number of ether oxygens (including phenoxy) is 2. The number of carbonyl (C=O) groups is 1. The first-order valence-corrected chi connectivity index (χ1v) is 9.38. The highest BCUT2D eigenvalue weighted by atomic mass is 79.9. The number of para-hydroxylation sites is 1. The molecule has 140 valence electrons. The highest BCUT2D eigenvalue weighted by Gasteiger charge is 2.15. The van der Waals surface area contributed by atoms with E-state index in [1.54, 1.807) is 19.2 Å². The Hall–Kier alpha value is -2.60. The third-order valence-corrected chi connectivity index (χ3v) is 4.83. The lowest BCUT2D eigenvalue weighted by Crippen LogP contribution is -2.22. The van der Waals surface area contributed by atoms with Crippen LogP contribution in [-0.4, -0.2) is 24.7 Å². The minimum atomic E-state index is -1.23. The average Bonchev–Trinajstić information content (AvgIpc) is 2.66. The van der Waals surface area contributed by atoms with Crippen LogP contribution >= 0.6 is 15.9 Å². The average molecular weight is 429 g/mol. The van der Waals surface area contributed by atoms with Gasteiger partial charge in [0.25, 0.3) is 0 Å². The van der Waals surface area contributed by atoms with Gasteiger partial charge in [-0.2, -0.15) is 0 Å². The molecule has 0 fully saturated rings. The van der Waals surface area contributed by atoms with Gasteiger partial charge < -0.3 is 19.4 Å². The number of aromatic carboxylic acids is 1. The zero-order chi connectivity index (χ0) is 19.6. The second-order valence-electron chi connectivity index (χ2n) is 6.15. The van der Waals surface area contributed by atoms with E-state index in [1.165, 1.54) is 6.07 Å². The van der Waals surface area contributed by atoms with Crippen LogP contribution in [0, 0.1) is 6.92 Å². The van der Waals surface area contributed by atoms with Crippen molar-refractivity contribution in [3.05, 3.63) is 52.0 Å². The molecule has 1 heterocycles. The molecule has 0 bridgehead atoms. The smallest absolute Gasteiger partial charge is 0.175 e. The van der Waals surface area contributed by atoms with Crippen LogP contribution in [0.2, 0.25) is 0 Å². The summed E-state index contributed by atoms with van der Waals surface area (Å²) >= 11 is 3.52. The van der Waals surface area contributed by atoms with Crippen molar-refractivity contribution >= 4 is 32.8 Å². The van der Waals surface area contributed by atoms with E-state index in [2.05, 4.69) is 20.9 Å². The van der Waals surface area contributed by atoms with Gasteiger partial charge in [-0.25, -0.2) is 4.98 Å². The summed E-state index contributed by atoms with van der Waals surface area (Å²) in [7, 11) is 1.56. The molecule has 6 heteroatoms. The summed E-state index contributed by atoms with van der Waals surface area (Å²) in [5.41, 5.74) is 2.88. The SMILES string of the molecule is CCCOc1c(Br)cc(-c2cc(C(=O)[O-])c3cccc(C)c3n2)cc1OC. The minimum absolute atomic E-state index is 0.111. The first-order chi connectivity index (χ1) is 13.0. The van der Waals surface area contributed by atoms with Crippen molar-refractivity contribution in [1.29, 1.82) is 0 Å². The molecule has 0 unspecified atom stereocenters. The van der Waals surface area contributed by atoms with Crippen LogP contribution in [-0.2, 0) is 0 Å². The molecule has 0 spiro atoms. The lowest BCUT2D eigenvalue weighted by Gasteiger charge is -2.15. The van der Waals surface area contributed by atoms with Crippen molar-refractivity contribution in [2.45, 2.75) is 20.3 Å². The van der Waals surface area contributed by atoms with E-state index in [0.717, 1.165) is 17.5 Å². The molecule has 1 aromatic heterocycles. The number of carboxylic acids is 1. The van der Waals surface area contributed by atoms with Crippen LogP contribution in [0.3, 0.4) is 0 Å². The molecule has 0 aliphatic rings. The summed E-state index contributed by atoms with van der Waals surface area (Å²) in [5, 5.41) is 12.2. The molecule has 0 aliphatic heterocycles. The number of aryl methyl sites for hydroxylation is 1. The third-order valence-electron chi connectivity index (χ3n) is 4.24. The topological polar surface area (TPSA) is 71.5 Å². The molecule has 0 N–H and O–H groups in total. The monoisotopic (exact) mass is 428 g/mol. The van der Waals surface area contributed by atoms with Crippen LogP contribution < -0.4 is 14.6 Å². The van der Waals surface area contributed by atoms with Gasteiger partial charge in [-0.1, -0.05) is 25.1 Å². The summed E-state index contributed by atoms with van der Waals surface area (Å²) < 4.78 is 11.9. The van der Waals surface area contributed by atoms with E-state index in [-0.39, 0.29) is 5.56 Å². The molecular weight excluding hydrogens is 410 g/mol. The van der Waals surface area contributed by atoms with Gasteiger partial charge in [0.2, 0.25) is 0 Å². The van der Waals surface area contributed by atoms with Crippen LogP contribution in [0.1, 0.15) is 29.3 Å². The molecule has 0 amide bonds. The van der Waals surface area contributed by atoms with E-state index >= 15 is 0 Å². The van der Waals surface area contributed by atoms with Crippen molar-refractivity contribution in [3.8, 4) is 22.8 Å². The minimum Gasteiger partial charge on any atom is -0.545 e. The second-order valence-corrected chi connectivity index (χ2v) is 7.01. The molecule has 27 heavy (non-hydrogen) atoms. The molecule has 0 saturated carbocycles. The first-order valence-electron chi connectivity index (χ1n) is 8.58. The van der Waals surface area contributed by atoms with Gasteiger partial charge in [-0.05, 0) is 53.0 Å². The number of benzene rings is 2. The molecule has 2 aromatic carbocycles. The number of hydrogen-bond donors (Lipinski definition) is 0. The fourth-order valence-electron chi connectivity index (χ4n) is 2.92. The van der Waals surface area contributed by atoms with Crippen molar-refractivity contribution in [1.82, 2.24) is 4.98 Å². The lowest BCUT2D eigenvalue weighted by molar-refractivity contribution is -0.254. The van der Waals surface area contributed by atoms with E-state index < -0.39 is 5.97 Å². The maximum atomic E-state index is 11.7. The van der Waals surface area contributed by atoms with Gasteiger partial charge in [0.1, 0.15) is 0 Å². The van der Waals surface area contributed by atoms with Gasteiger partial charge >= 0.3 is 0 Å². The number of aromatic nitrogens is 1. The van der Waals surface area contributed by atoms with Crippen LogP contribution in [0.5, 0.6) is 11.5 Å². The zero-order valence-corrected chi connectivity index (χ0v) is 16.9. The van der Waals surface area contributed by atoms with Gasteiger partial charge in [0, 0.05) is 16.5 Å². The fourth-order valence-corrected chi connectivity index (χ4v) is 3.48. The molecular formula is C21H19BrNO4-. The Morgan fingerprint density at radius 1 is 1.26 bits per heavy atom. The maximum absolute atomic E-state index is 11.7. The van der Waals surface area contributed by atoms with Crippen molar-refractivity contribution in [2.75, 3.05) is 13.7 Å². The number of halogens is 1. The number of pyridine rings is 1. The molecule has 0 saturated heterocycles. The summed E-state index contributed by atoms with van der Waals surface area (Å²) in [5.74, 6) is -0.0714. The van der Waals surface area contributed by atoms with E-state index in [1.807, 2.05) is 32.0 Å². The highest BCUT2D eigenvalue weighted by Crippen LogP contribution is 2.40. The second kappa shape index (κ2) is 7.96. The number of carbonyl (C=O) groups excluding carboxylic acids is 1. The van der Waals surface area contributed by atoms with E-state index in [4.69, 9.17) is 9.47 Å². The Morgan fingerprint density at radius 2 is 2.04 bits per heavy atom. The number of methoxy groups -OCH3 is 1. The zero-order valence-electron chi connectivity index (χ0n) is 15.3. The molecule has 0 aliphatic carbocycles. The molecule has 0 radical (unpaired) electrons. The number of nitrogens with zero attached hydrogens (tertiary/aromatic N) is 1. The number of carboxylic acid groups (broad SMARTS) is 1. The summed E-state index contributed by atoms with van der Waals surface area (Å²) in [4.78, 5) is 16.4. The first kappa shape index (κ1) is 19.2. The molecule has 3 aromatic rings. The fraction of sp³-hybridized carbons (Fsp3) is 0.238. The van der Waals surface area contributed by atoms with Crippen molar-refractivity contribution in [3.63, 3.8) is 0 Å². The summed E-state index contributed by atoms with van der Waals surface area (Å²) in [6.45, 7) is 4.49. The number of hydrogen-bond acceptors (Lipinski definition) is 5. The van der Waals surface area contributed by atoms with Crippen molar-refractivity contribution in [2.24, 2.45) is 0 Å². The van der Waals surface area contributed by atoms with Gasteiger partial charge in [-0.3, -0.25) is 0 Å². The highest BCUT2D eigenvalue weighted by molar-refractivity contribution is 9.10. The maximum Gasteiger partial charge on any atom is 0.175 e.